The average Bonchev–Trinajstić information content (AvgIpc) is 2.26. The van der Waals surface area contributed by atoms with Gasteiger partial charge >= 0.3 is 0 Å². The number of benzene rings is 1. The Morgan fingerprint density at radius 1 is 1.47 bits per heavy atom. The highest BCUT2D eigenvalue weighted by molar-refractivity contribution is 5.98. The number of nitrogens with zero attached hydrogens (tertiary/aromatic N) is 1. The molecule has 0 heterocycles. The summed E-state index contributed by atoms with van der Waals surface area (Å²) in [6.07, 6.45) is -2.98. The number of ether oxygens (including phenoxy) is 1. The molecule has 0 spiro atoms. The van der Waals surface area contributed by atoms with Gasteiger partial charge in [0.15, 0.2) is 5.78 Å². The Labute approximate surface area is 95.2 Å². The monoisotopic (exact) mass is 245 g/mol. The van der Waals surface area contributed by atoms with Crippen molar-refractivity contribution in [1.82, 2.24) is 0 Å². The third-order valence-electron chi connectivity index (χ3n) is 2.14. The molecule has 0 atom stereocenters. The number of nitro benzene ring substituents is 1. The maximum Gasteiger partial charge on any atom is 0.273 e. The molecule has 0 aliphatic rings. The molecule has 0 fully saturated rings. The van der Waals surface area contributed by atoms with E-state index in [4.69, 9.17) is 4.74 Å². The van der Waals surface area contributed by atoms with Crippen LogP contribution in [0, 0.1) is 10.1 Å². The summed E-state index contributed by atoms with van der Waals surface area (Å²) in [5.41, 5.74) is -1.56. The maximum absolute atomic E-state index is 12.7. The van der Waals surface area contributed by atoms with Gasteiger partial charge in [-0.05, 0) is 6.92 Å². The van der Waals surface area contributed by atoms with Crippen molar-refractivity contribution in [1.29, 1.82) is 0 Å². The summed E-state index contributed by atoms with van der Waals surface area (Å²) in [4.78, 5) is 21.0. The molecule has 5 nitrogen and oxygen atoms in total. The molecular weight excluding hydrogens is 236 g/mol. The Morgan fingerprint density at radius 2 is 2.06 bits per heavy atom. The molecule has 0 amide bonds. The number of ketones is 1. The van der Waals surface area contributed by atoms with Crippen LogP contribution in [0.15, 0.2) is 12.1 Å². The molecule has 0 aliphatic carbocycles. The van der Waals surface area contributed by atoms with E-state index in [2.05, 4.69) is 0 Å². The fourth-order valence-electron chi connectivity index (χ4n) is 1.44. The van der Waals surface area contributed by atoms with E-state index in [-0.39, 0.29) is 11.3 Å². The van der Waals surface area contributed by atoms with Gasteiger partial charge in [0.1, 0.15) is 5.75 Å². The second-order valence-corrected chi connectivity index (χ2v) is 3.23. The second-order valence-electron chi connectivity index (χ2n) is 3.23. The molecule has 7 heteroatoms. The van der Waals surface area contributed by atoms with E-state index >= 15 is 0 Å². The Hall–Kier alpha value is -2.05. The van der Waals surface area contributed by atoms with Crippen LogP contribution in [0.4, 0.5) is 14.5 Å². The molecule has 1 aromatic carbocycles. The number of hydrogen-bond donors (Lipinski definition) is 0. The molecule has 0 N–H and O–H groups in total. The fraction of sp³-hybridized carbons (Fsp3) is 0.300. The fourth-order valence-corrected chi connectivity index (χ4v) is 1.44. The second kappa shape index (κ2) is 4.86. The lowest BCUT2D eigenvalue weighted by Gasteiger charge is -2.10. The van der Waals surface area contributed by atoms with Gasteiger partial charge in [-0.2, -0.15) is 0 Å². The first-order valence-corrected chi connectivity index (χ1v) is 4.54. The van der Waals surface area contributed by atoms with Crippen LogP contribution in [-0.4, -0.2) is 17.8 Å². The predicted molar refractivity (Wildman–Crippen MR) is 54.6 cm³/mol. The van der Waals surface area contributed by atoms with Gasteiger partial charge in [-0.1, -0.05) is 0 Å². The smallest absolute Gasteiger partial charge is 0.273 e. The molecule has 0 unspecified atom stereocenters. The SMILES string of the molecule is COc1cc([N+](=O)[O-])cc(C(F)F)c1C(C)=O. The highest BCUT2D eigenvalue weighted by Gasteiger charge is 2.25. The largest absolute Gasteiger partial charge is 0.496 e. The molecule has 0 radical (unpaired) electrons. The maximum atomic E-state index is 12.7. The molecule has 92 valence electrons. The molecule has 0 aromatic heterocycles. The van der Waals surface area contributed by atoms with Crippen LogP contribution in [-0.2, 0) is 0 Å². The van der Waals surface area contributed by atoms with Gasteiger partial charge in [-0.15, -0.1) is 0 Å². The summed E-state index contributed by atoms with van der Waals surface area (Å²) in [5.74, 6) is -0.853. The number of carbonyl (C=O) groups is 1. The first kappa shape index (κ1) is 13.0. The van der Waals surface area contributed by atoms with Crippen molar-refractivity contribution in [3.05, 3.63) is 33.4 Å². The molecule has 1 rings (SSSR count). The van der Waals surface area contributed by atoms with Gasteiger partial charge in [0, 0.05) is 11.6 Å². The highest BCUT2D eigenvalue weighted by Crippen LogP contribution is 2.34. The predicted octanol–water partition coefficient (Wildman–Crippen LogP) is 2.74. The molecule has 0 saturated carbocycles. The summed E-state index contributed by atoms with van der Waals surface area (Å²) in [6, 6.07) is 1.63. The molecule has 0 saturated heterocycles. The van der Waals surface area contributed by atoms with E-state index in [0.717, 1.165) is 20.1 Å². The summed E-state index contributed by atoms with van der Waals surface area (Å²) >= 11 is 0. The van der Waals surface area contributed by atoms with E-state index in [1.807, 2.05) is 0 Å². The summed E-state index contributed by atoms with van der Waals surface area (Å²) in [6.45, 7) is 1.09. The lowest BCUT2D eigenvalue weighted by Crippen LogP contribution is -2.05. The van der Waals surface area contributed by atoms with E-state index < -0.39 is 28.4 Å². The number of methoxy groups -OCH3 is 1. The topological polar surface area (TPSA) is 69.4 Å². The standard InChI is InChI=1S/C10H9F2NO4/c1-5(14)9-7(10(11)12)3-6(13(15)16)4-8(9)17-2/h3-4,10H,1-2H3. The molecule has 17 heavy (non-hydrogen) atoms. The van der Waals surface area contributed by atoms with Crippen molar-refractivity contribution in [2.24, 2.45) is 0 Å². The summed E-state index contributed by atoms with van der Waals surface area (Å²) in [7, 11) is 1.15. The van der Waals surface area contributed by atoms with Crippen LogP contribution in [0.2, 0.25) is 0 Å². The van der Waals surface area contributed by atoms with Crippen LogP contribution in [0.25, 0.3) is 0 Å². The quantitative estimate of drug-likeness (QED) is 0.464. The number of carbonyl (C=O) groups excluding carboxylic acids is 1. The van der Waals surface area contributed by atoms with Gasteiger partial charge in [0.05, 0.1) is 23.7 Å². The molecule has 0 bridgehead atoms. The zero-order valence-electron chi connectivity index (χ0n) is 9.07. The molecule has 1 aromatic rings. The summed E-state index contributed by atoms with van der Waals surface area (Å²) < 4.78 is 30.2. The van der Waals surface area contributed by atoms with Crippen molar-refractivity contribution >= 4 is 11.5 Å². The minimum absolute atomic E-state index is 0.220. The van der Waals surface area contributed by atoms with E-state index in [1.165, 1.54) is 0 Å². The first-order chi connectivity index (χ1) is 7.88. The number of alkyl halides is 2. The van der Waals surface area contributed by atoms with Gasteiger partial charge in [0.25, 0.3) is 12.1 Å². The van der Waals surface area contributed by atoms with Crippen LogP contribution in [0.5, 0.6) is 5.75 Å². The number of nitro groups is 1. The third kappa shape index (κ3) is 2.55. The lowest BCUT2D eigenvalue weighted by molar-refractivity contribution is -0.385. The van der Waals surface area contributed by atoms with Crippen molar-refractivity contribution in [3.63, 3.8) is 0 Å². The number of hydrogen-bond acceptors (Lipinski definition) is 4. The minimum atomic E-state index is -2.98. The highest BCUT2D eigenvalue weighted by atomic mass is 19.3. The third-order valence-corrected chi connectivity index (χ3v) is 2.14. The van der Waals surface area contributed by atoms with Gasteiger partial charge in [0.2, 0.25) is 0 Å². The first-order valence-electron chi connectivity index (χ1n) is 4.54. The van der Waals surface area contributed by atoms with Gasteiger partial charge < -0.3 is 4.74 Å². The Bertz CT molecular complexity index is 474. The van der Waals surface area contributed by atoms with E-state index in [9.17, 15) is 23.7 Å². The van der Waals surface area contributed by atoms with Crippen LogP contribution >= 0.6 is 0 Å². The lowest BCUT2D eigenvalue weighted by atomic mass is 10.0. The van der Waals surface area contributed by atoms with Crippen molar-refractivity contribution in [3.8, 4) is 5.75 Å². The number of halogens is 2. The summed E-state index contributed by atoms with van der Waals surface area (Å²) in [5, 5.41) is 10.5. The Kier molecular flexibility index (Phi) is 3.72. The normalized spacial score (nSPS) is 10.4. The molecular formula is C10H9F2NO4. The number of rotatable bonds is 4. The zero-order chi connectivity index (χ0) is 13.2. The van der Waals surface area contributed by atoms with Crippen molar-refractivity contribution < 1.29 is 23.2 Å². The Balaban J connectivity index is 3.57. The van der Waals surface area contributed by atoms with Crippen LogP contribution in [0.1, 0.15) is 29.3 Å². The number of Topliss-reactive ketones (excluding diaryl/α,β-unsaturated/α-hetero) is 1. The zero-order valence-corrected chi connectivity index (χ0v) is 9.07. The minimum Gasteiger partial charge on any atom is -0.496 e. The average molecular weight is 245 g/mol. The van der Waals surface area contributed by atoms with Crippen LogP contribution in [0.3, 0.4) is 0 Å². The van der Waals surface area contributed by atoms with Crippen molar-refractivity contribution in [2.45, 2.75) is 13.3 Å². The van der Waals surface area contributed by atoms with Gasteiger partial charge in [-0.25, -0.2) is 8.78 Å². The van der Waals surface area contributed by atoms with E-state index in [0.29, 0.717) is 6.07 Å². The number of non-ortho nitro benzene ring substituents is 1. The Morgan fingerprint density at radius 3 is 2.41 bits per heavy atom. The van der Waals surface area contributed by atoms with E-state index in [1.54, 1.807) is 0 Å². The van der Waals surface area contributed by atoms with Crippen molar-refractivity contribution in [2.75, 3.05) is 7.11 Å². The van der Waals surface area contributed by atoms with Crippen LogP contribution < -0.4 is 4.74 Å². The molecule has 0 aliphatic heterocycles. The van der Waals surface area contributed by atoms with Gasteiger partial charge in [-0.3, -0.25) is 14.9 Å².